The van der Waals surface area contributed by atoms with E-state index in [0.29, 0.717) is 4.25 Å². The maximum Gasteiger partial charge on any atom is -1.00 e. The van der Waals surface area contributed by atoms with Crippen molar-refractivity contribution in [3.8, 4) is 0 Å². The predicted molar refractivity (Wildman–Crippen MR) is 83.3 cm³/mol. The van der Waals surface area contributed by atoms with Gasteiger partial charge >= 0.3 is 117 Å². The molecule has 3 nitrogen and oxygen atoms in total. The summed E-state index contributed by atoms with van der Waals surface area (Å²) in [6.45, 7) is 3.72. The van der Waals surface area contributed by atoms with Gasteiger partial charge in [-0.15, -0.1) is 0 Å². The Balaban J connectivity index is 0. The molecule has 17 heavy (non-hydrogen) atoms. The molecule has 0 aliphatic heterocycles. The van der Waals surface area contributed by atoms with Crippen molar-refractivity contribution < 1.29 is 1.43 Å². The van der Waals surface area contributed by atoms with Crippen molar-refractivity contribution >= 4 is 16.5 Å². The summed E-state index contributed by atoms with van der Waals surface area (Å²) >= 11 is 0.905. The molecule has 0 aromatic rings. The second-order valence-electron chi connectivity index (χ2n) is 6.47. The van der Waals surface area contributed by atoms with Crippen LogP contribution in [0.1, 0.15) is 20.7 Å². The van der Waals surface area contributed by atoms with E-state index >= 15 is 0 Å². The molecule has 0 N–H and O–H groups in total. The molecule has 0 saturated heterocycles. The first kappa shape index (κ1) is 17.4. The van der Waals surface area contributed by atoms with E-state index in [2.05, 4.69) is 57.0 Å². The third-order valence-corrected chi connectivity index (χ3v) is 6.63. The molecule has 0 aromatic heterocycles. The van der Waals surface area contributed by atoms with Gasteiger partial charge in [-0.05, 0) is 0 Å². The van der Waals surface area contributed by atoms with Crippen LogP contribution in [0.3, 0.4) is 0 Å². The Morgan fingerprint density at radius 2 is 0.941 bits per heavy atom. The van der Waals surface area contributed by atoms with Crippen LogP contribution in [0.4, 0.5) is 0 Å². The summed E-state index contributed by atoms with van der Waals surface area (Å²) < 4.78 is 0.659. The molecule has 4 heteroatoms. The minimum Gasteiger partial charge on any atom is -1.00 e. The summed E-state index contributed by atoms with van der Waals surface area (Å²) in [6.07, 6.45) is 4.13. The molecule has 0 unspecified atom stereocenters. The first-order valence-corrected chi connectivity index (χ1v) is 8.79. The summed E-state index contributed by atoms with van der Waals surface area (Å²) in [5, 5.41) is 0. The molecule has 0 aliphatic carbocycles. The van der Waals surface area contributed by atoms with Gasteiger partial charge in [-0.25, -0.2) is 0 Å². The maximum absolute atomic E-state index is 2.33. The smallest absolute Gasteiger partial charge is 1.00 e. The summed E-state index contributed by atoms with van der Waals surface area (Å²) in [7, 11) is 13.1. The Kier molecular flexibility index (Phi) is 8.72. The quantitative estimate of drug-likeness (QED) is 0.574. The van der Waals surface area contributed by atoms with Crippen LogP contribution in [-0.2, 0) is 0 Å². The van der Waals surface area contributed by atoms with Gasteiger partial charge in [0.15, 0.2) is 0 Å². The van der Waals surface area contributed by atoms with Crippen molar-refractivity contribution in [1.82, 2.24) is 14.7 Å². The maximum atomic E-state index is 2.33. The molecule has 0 heterocycles. The van der Waals surface area contributed by atoms with Gasteiger partial charge in [0.2, 0.25) is 0 Å². The zero-order valence-corrected chi connectivity index (χ0v) is 17.3. The Morgan fingerprint density at radius 1 is 0.706 bits per heavy atom. The van der Waals surface area contributed by atoms with Crippen LogP contribution in [0.15, 0.2) is 0 Å². The second-order valence-corrected chi connectivity index (χ2v) is 10.9. The van der Waals surface area contributed by atoms with Crippen LogP contribution in [0.2, 0.25) is 4.25 Å². The molecule has 0 radical (unpaired) electrons. The molecule has 0 aliphatic rings. The fourth-order valence-corrected chi connectivity index (χ4v) is 3.26. The zero-order valence-electron chi connectivity index (χ0n) is 14.1. The van der Waals surface area contributed by atoms with Crippen molar-refractivity contribution in [3.05, 3.63) is 0 Å². The van der Waals surface area contributed by atoms with Gasteiger partial charge in [-0.3, -0.25) is 0 Å². The zero-order chi connectivity index (χ0) is 13.5. The van der Waals surface area contributed by atoms with E-state index < -0.39 is 0 Å². The second kappa shape index (κ2) is 8.51. The summed E-state index contributed by atoms with van der Waals surface area (Å²) in [4.78, 5) is 6.98. The third-order valence-electron chi connectivity index (χ3n) is 3.49. The third kappa shape index (κ3) is 10.1. The molecule has 0 saturated carbocycles. The monoisotopic (exact) mass is 306 g/mol. The summed E-state index contributed by atoms with van der Waals surface area (Å²) in [5.74, 6) is 0. The van der Waals surface area contributed by atoms with Crippen LogP contribution in [-0.4, -0.2) is 93.1 Å². The minimum absolute atomic E-state index is 0. The molecule has 106 valence electrons. The van der Waals surface area contributed by atoms with Gasteiger partial charge in [0.05, 0.1) is 0 Å². The van der Waals surface area contributed by atoms with Gasteiger partial charge < -0.3 is 1.43 Å². The van der Waals surface area contributed by atoms with Crippen LogP contribution < -0.4 is 0 Å². The van der Waals surface area contributed by atoms with Crippen molar-refractivity contribution in [1.29, 1.82) is 0 Å². The number of nitrogens with zero attached hydrogens (tertiary/aromatic N) is 3. The molecule has 0 amide bonds. The van der Waals surface area contributed by atoms with Crippen molar-refractivity contribution in [2.24, 2.45) is 0 Å². The molecule has 0 spiro atoms. The van der Waals surface area contributed by atoms with Crippen molar-refractivity contribution in [3.63, 3.8) is 0 Å². The molecule has 0 bridgehead atoms. The first-order chi connectivity index (χ1) is 7.75. The van der Waals surface area contributed by atoms with Crippen molar-refractivity contribution in [2.75, 3.05) is 61.9 Å². The molecule has 0 fully saturated rings. The fraction of sp³-hybridized carbons (Fsp3) is 1.00. The molecular formula is C13H34GeN3-. The summed E-state index contributed by atoms with van der Waals surface area (Å²) in [5.41, 5.74) is 0. The Morgan fingerprint density at radius 3 is 1.12 bits per heavy atom. The Bertz CT molecular complexity index is 167. The van der Waals surface area contributed by atoms with Gasteiger partial charge in [0.25, 0.3) is 0 Å². The van der Waals surface area contributed by atoms with E-state index in [-0.39, 0.29) is 1.43 Å². The largest absolute Gasteiger partial charge is 1.00 e. The number of hydrogen-bond acceptors (Lipinski definition) is 3. The van der Waals surface area contributed by atoms with E-state index in [4.69, 9.17) is 0 Å². The fourth-order valence-electron chi connectivity index (χ4n) is 1.86. The summed E-state index contributed by atoms with van der Waals surface area (Å²) in [6, 6.07) is 0. The number of hydrogen-bond donors (Lipinski definition) is 0. The van der Waals surface area contributed by atoms with Gasteiger partial charge in [-0.1, -0.05) is 0 Å². The van der Waals surface area contributed by atoms with Crippen LogP contribution in [0.5, 0.6) is 0 Å². The minimum atomic E-state index is 0. The van der Waals surface area contributed by atoms with Crippen LogP contribution >= 0.6 is 0 Å². The SMILES string of the molecule is CN(C)CC[C]([GeH3])(CCN(C)C)CCN(C)C.[H-]. The van der Waals surface area contributed by atoms with Crippen molar-refractivity contribution in [2.45, 2.75) is 23.5 Å². The number of rotatable bonds is 9. The Labute approximate surface area is 118 Å². The van der Waals surface area contributed by atoms with Crippen LogP contribution in [0.25, 0.3) is 0 Å². The average molecular weight is 305 g/mol. The van der Waals surface area contributed by atoms with E-state index in [0.717, 1.165) is 16.5 Å². The van der Waals surface area contributed by atoms with Crippen LogP contribution in [0, 0.1) is 0 Å². The van der Waals surface area contributed by atoms with Gasteiger partial charge in [-0.2, -0.15) is 0 Å². The topological polar surface area (TPSA) is 9.72 Å². The van der Waals surface area contributed by atoms with E-state index in [1.807, 2.05) is 0 Å². The molecule has 0 aromatic carbocycles. The molecule has 0 rings (SSSR count). The standard InChI is InChI=1S/C13H33GeN3.H/c1-15(2)10-7-13(14,8-11-16(3)4)9-12-17(5)6;/h7-12H2,1-6,14H3;/q;-1. The molecule has 0 atom stereocenters. The van der Waals surface area contributed by atoms with Gasteiger partial charge in [0, 0.05) is 0 Å². The first-order valence-electron chi connectivity index (χ1n) is 6.69. The average Bonchev–Trinajstić information content (AvgIpc) is 2.21. The normalized spacial score (nSPS) is 13.2. The van der Waals surface area contributed by atoms with Gasteiger partial charge in [0.1, 0.15) is 0 Å². The van der Waals surface area contributed by atoms with E-state index in [9.17, 15) is 0 Å². The predicted octanol–water partition coefficient (Wildman–Crippen LogP) is 0.478. The van der Waals surface area contributed by atoms with E-state index in [1.165, 1.54) is 38.9 Å². The Hall–Kier alpha value is 0.423. The molecular weight excluding hydrogens is 271 g/mol. The van der Waals surface area contributed by atoms with E-state index in [1.54, 1.807) is 0 Å².